The predicted molar refractivity (Wildman–Crippen MR) is 122 cm³/mol. The van der Waals surface area contributed by atoms with E-state index in [4.69, 9.17) is 10.5 Å². The quantitative estimate of drug-likeness (QED) is 0.489. The number of fused-ring (bicyclic) bond motifs is 2. The van der Waals surface area contributed by atoms with Gasteiger partial charge in [0, 0.05) is 48.8 Å². The number of nitrogen functional groups attached to an aromatic ring is 1. The fourth-order valence-electron chi connectivity index (χ4n) is 5.01. The Morgan fingerprint density at radius 3 is 2.79 bits per heavy atom. The number of rotatable bonds is 4. The van der Waals surface area contributed by atoms with E-state index in [-0.39, 0.29) is 29.9 Å². The molecule has 3 heterocycles. The predicted octanol–water partition coefficient (Wildman–Crippen LogP) is 2.42. The van der Waals surface area contributed by atoms with Crippen molar-refractivity contribution in [1.82, 2.24) is 15.5 Å². The van der Waals surface area contributed by atoms with Gasteiger partial charge in [0.15, 0.2) is 0 Å². The number of hydrogen-bond donors (Lipinski definition) is 3. The maximum Gasteiger partial charge on any atom is 0.255 e. The standard InChI is InChI=1S/C25H28N4O4/c1-25(2)11-19(18-10-16(26)5-7-21(18)33-25)27-12-14-3-4-15-13-29(24(32)17(15)9-14)20-6-8-22(30)28-23(20)31/h3-5,7,9-10,19-20,27H,6,8,11-13,26H2,1-2H3,(H,28,30,31). The lowest BCUT2D eigenvalue weighted by atomic mass is 9.89. The van der Waals surface area contributed by atoms with Gasteiger partial charge in [-0.2, -0.15) is 0 Å². The SMILES string of the molecule is CC1(C)CC(NCc2ccc3c(c2)C(=O)N(C2CCC(=O)NC2=O)C3)c2cc(N)ccc2O1. The summed E-state index contributed by atoms with van der Waals surface area (Å²) in [4.78, 5) is 38.4. The molecule has 0 spiro atoms. The molecule has 33 heavy (non-hydrogen) atoms. The second kappa shape index (κ2) is 7.88. The minimum atomic E-state index is -0.601. The normalized spacial score (nSPS) is 23.6. The van der Waals surface area contributed by atoms with Gasteiger partial charge in [-0.1, -0.05) is 12.1 Å². The van der Waals surface area contributed by atoms with E-state index in [1.807, 2.05) is 36.4 Å². The van der Waals surface area contributed by atoms with E-state index in [1.165, 1.54) is 0 Å². The van der Waals surface area contributed by atoms with E-state index in [0.29, 0.717) is 30.8 Å². The van der Waals surface area contributed by atoms with Gasteiger partial charge < -0.3 is 20.7 Å². The Hall–Kier alpha value is -3.39. The summed E-state index contributed by atoms with van der Waals surface area (Å²) < 4.78 is 6.12. The van der Waals surface area contributed by atoms with Crippen LogP contribution in [0.4, 0.5) is 5.69 Å². The molecule has 5 rings (SSSR count). The van der Waals surface area contributed by atoms with Gasteiger partial charge >= 0.3 is 0 Å². The van der Waals surface area contributed by atoms with Gasteiger partial charge in [0.1, 0.15) is 17.4 Å². The van der Waals surface area contributed by atoms with Crippen LogP contribution < -0.4 is 21.1 Å². The van der Waals surface area contributed by atoms with Crippen LogP contribution in [0.25, 0.3) is 0 Å². The van der Waals surface area contributed by atoms with Gasteiger partial charge in [-0.3, -0.25) is 19.7 Å². The van der Waals surface area contributed by atoms with E-state index in [1.54, 1.807) is 4.90 Å². The number of benzene rings is 2. The second-order valence-electron chi connectivity index (χ2n) is 9.69. The highest BCUT2D eigenvalue weighted by molar-refractivity contribution is 6.05. The van der Waals surface area contributed by atoms with Crippen LogP contribution in [0.15, 0.2) is 36.4 Å². The molecule has 8 nitrogen and oxygen atoms in total. The van der Waals surface area contributed by atoms with Crippen molar-refractivity contribution < 1.29 is 19.1 Å². The summed E-state index contributed by atoms with van der Waals surface area (Å²) in [6.45, 7) is 5.10. The van der Waals surface area contributed by atoms with E-state index < -0.39 is 11.9 Å². The molecule has 3 aliphatic rings. The van der Waals surface area contributed by atoms with E-state index >= 15 is 0 Å². The van der Waals surface area contributed by atoms with Crippen molar-refractivity contribution >= 4 is 23.4 Å². The zero-order valence-corrected chi connectivity index (χ0v) is 18.8. The highest BCUT2D eigenvalue weighted by Crippen LogP contribution is 2.40. The van der Waals surface area contributed by atoms with Crippen LogP contribution in [0.5, 0.6) is 5.75 Å². The first kappa shape index (κ1) is 21.5. The summed E-state index contributed by atoms with van der Waals surface area (Å²) in [5.41, 5.74) is 9.95. The number of carbonyl (C=O) groups is 3. The molecule has 3 aliphatic heterocycles. The number of amides is 3. The van der Waals surface area contributed by atoms with Gasteiger partial charge in [-0.05, 0) is 55.7 Å². The molecular weight excluding hydrogens is 420 g/mol. The minimum absolute atomic E-state index is 0.0659. The summed E-state index contributed by atoms with van der Waals surface area (Å²) in [5.74, 6) is -0.00334. The zero-order chi connectivity index (χ0) is 23.3. The number of hydrogen-bond acceptors (Lipinski definition) is 6. The Balaban J connectivity index is 1.32. The maximum atomic E-state index is 13.1. The molecule has 2 aromatic rings. The molecule has 0 saturated carbocycles. The van der Waals surface area contributed by atoms with Crippen LogP contribution in [0, 0.1) is 0 Å². The summed E-state index contributed by atoms with van der Waals surface area (Å²) in [5, 5.41) is 5.95. The average Bonchev–Trinajstić information content (AvgIpc) is 3.08. The second-order valence-corrected chi connectivity index (χ2v) is 9.69. The molecule has 0 aromatic heterocycles. The number of nitrogens with two attached hydrogens (primary N) is 1. The van der Waals surface area contributed by atoms with Crippen molar-refractivity contribution in [1.29, 1.82) is 0 Å². The van der Waals surface area contributed by atoms with Crippen LogP contribution in [0.3, 0.4) is 0 Å². The molecule has 8 heteroatoms. The molecule has 3 amide bonds. The van der Waals surface area contributed by atoms with Gasteiger partial charge in [0.2, 0.25) is 11.8 Å². The Bertz CT molecular complexity index is 1160. The lowest BCUT2D eigenvalue weighted by Crippen LogP contribution is -2.52. The van der Waals surface area contributed by atoms with Crippen molar-refractivity contribution in [3.05, 3.63) is 58.7 Å². The molecule has 1 fully saturated rings. The lowest BCUT2D eigenvalue weighted by molar-refractivity contribution is -0.136. The van der Waals surface area contributed by atoms with Crippen LogP contribution in [-0.4, -0.2) is 34.3 Å². The number of carbonyl (C=O) groups excluding carboxylic acids is 3. The van der Waals surface area contributed by atoms with Crippen LogP contribution >= 0.6 is 0 Å². The summed E-state index contributed by atoms with van der Waals surface area (Å²) in [7, 11) is 0. The minimum Gasteiger partial charge on any atom is -0.487 e. The van der Waals surface area contributed by atoms with Crippen molar-refractivity contribution in [2.45, 2.75) is 63.9 Å². The van der Waals surface area contributed by atoms with Gasteiger partial charge in [-0.15, -0.1) is 0 Å². The number of piperidine rings is 1. The van der Waals surface area contributed by atoms with Gasteiger partial charge in [-0.25, -0.2) is 0 Å². The maximum absolute atomic E-state index is 13.1. The van der Waals surface area contributed by atoms with Crippen LogP contribution in [0.2, 0.25) is 0 Å². The first-order chi connectivity index (χ1) is 15.7. The highest BCUT2D eigenvalue weighted by Gasteiger charge is 2.39. The number of anilines is 1. The average molecular weight is 449 g/mol. The number of nitrogens with one attached hydrogen (secondary N) is 2. The molecule has 2 aromatic carbocycles. The van der Waals surface area contributed by atoms with Crippen molar-refractivity contribution in [3.8, 4) is 5.75 Å². The van der Waals surface area contributed by atoms with Crippen LogP contribution in [0.1, 0.15) is 66.2 Å². The van der Waals surface area contributed by atoms with Gasteiger partial charge in [0.05, 0.1) is 0 Å². The third-order valence-corrected chi connectivity index (χ3v) is 6.64. The molecule has 0 radical (unpaired) electrons. The Morgan fingerprint density at radius 2 is 2.00 bits per heavy atom. The topological polar surface area (TPSA) is 114 Å². The summed E-state index contributed by atoms with van der Waals surface area (Å²) in [6, 6.07) is 11.0. The van der Waals surface area contributed by atoms with E-state index in [9.17, 15) is 14.4 Å². The fourth-order valence-corrected chi connectivity index (χ4v) is 5.01. The van der Waals surface area contributed by atoms with E-state index in [0.717, 1.165) is 28.9 Å². The number of ether oxygens (including phenoxy) is 1. The first-order valence-corrected chi connectivity index (χ1v) is 11.3. The highest BCUT2D eigenvalue weighted by atomic mass is 16.5. The molecule has 172 valence electrons. The fraction of sp³-hybridized carbons (Fsp3) is 0.400. The van der Waals surface area contributed by atoms with Crippen molar-refractivity contribution in [2.75, 3.05) is 5.73 Å². The van der Waals surface area contributed by atoms with Crippen molar-refractivity contribution in [2.24, 2.45) is 0 Å². The largest absolute Gasteiger partial charge is 0.487 e. The van der Waals surface area contributed by atoms with Crippen molar-refractivity contribution in [3.63, 3.8) is 0 Å². The third kappa shape index (κ3) is 4.06. The van der Waals surface area contributed by atoms with Crippen LogP contribution in [-0.2, 0) is 22.7 Å². The number of nitrogens with zero attached hydrogens (tertiary/aromatic N) is 1. The molecule has 4 N–H and O–H groups in total. The molecule has 0 bridgehead atoms. The van der Waals surface area contributed by atoms with Gasteiger partial charge in [0.25, 0.3) is 5.91 Å². The zero-order valence-electron chi connectivity index (χ0n) is 18.8. The molecule has 2 atom stereocenters. The smallest absolute Gasteiger partial charge is 0.255 e. The third-order valence-electron chi connectivity index (χ3n) is 6.64. The summed E-state index contributed by atoms with van der Waals surface area (Å²) >= 11 is 0. The summed E-state index contributed by atoms with van der Waals surface area (Å²) in [6.07, 6.45) is 1.40. The first-order valence-electron chi connectivity index (χ1n) is 11.3. The Labute approximate surface area is 192 Å². The Kier molecular flexibility index (Phi) is 5.12. The molecule has 2 unspecified atom stereocenters. The molecule has 0 aliphatic carbocycles. The number of imide groups is 1. The Morgan fingerprint density at radius 1 is 1.18 bits per heavy atom. The monoisotopic (exact) mass is 448 g/mol. The molecule has 1 saturated heterocycles. The lowest BCUT2D eigenvalue weighted by Gasteiger charge is -2.38. The van der Waals surface area contributed by atoms with E-state index in [2.05, 4.69) is 24.5 Å². The molecular formula is C25H28N4O4.